The molecule has 0 radical (unpaired) electrons. The third-order valence-electron chi connectivity index (χ3n) is 7.04. The number of carbonyl (C=O) groups excluding carboxylic acids is 1. The second-order valence-corrected chi connectivity index (χ2v) is 9.31. The summed E-state index contributed by atoms with van der Waals surface area (Å²) in [4.78, 5) is 28.6. The van der Waals surface area contributed by atoms with Gasteiger partial charge in [-0.2, -0.15) is 0 Å². The lowest BCUT2D eigenvalue weighted by Crippen LogP contribution is -2.23. The number of amides is 1. The molecule has 35 heavy (non-hydrogen) atoms. The van der Waals surface area contributed by atoms with Crippen LogP contribution in [-0.2, 0) is 4.79 Å². The van der Waals surface area contributed by atoms with Gasteiger partial charge in [0.2, 0.25) is 5.91 Å². The Balaban J connectivity index is 1.41. The minimum Gasteiger partial charge on any atom is -0.478 e. The number of carbonyl (C=O) groups is 2. The number of aromatic nitrogens is 1. The summed E-state index contributed by atoms with van der Waals surface area (Å²) in [6.07, 6.45) is 6.82. The molecule has 1 fully saturated rings. The number of pyridine rings is 1. The maximum Gasteiger partial charge on any atom is 0.337 e. The van der Waals surface area contributed by atoms with E-state index in [9.17, 15) is 9.59 Å². The number of carboxylic acids is 1. The van der Waals surface area contributed by atoms with E-state index in [-0.39, 0.29) is 17.4 Å². The molecular formula is C30H28N2O3. The first kappa shape index (κ1) is 22.8. The number of anilines is 1. The summed E-state index contributed by atoms with van der Waals surface area (Å²) < 4.78 is 0. The molecule has 1 amide bonds. The lowest BCUT2D eigenvalue weighted by Gasteiger charge is -2.21. The minimum absolute atomic E-state index is 0.0922. The fraction of sp³-hybridized carbons (Fsp3) is 0.233. The summed E-state index contributed by atoms with van der Waals surface area (Å²) in [5.74, 6) is -0.540. The van der Waals surface area contributed by atoms with Crippen molar-refractivity contribution in [2.45, 2.75) is 38.0 Å². The molecule has 5 nitrogen and oxygen atoms in total. The molecule has 2 N–H and O–H groups in total. The molecular weight excluding hydrogens is 436 g/mol. The van der Waals surface area contributed by atoms with Crippen molar-refractivity contribution < 1.29 is 14.7 Å². The quantitative estimate of drug-likeness (QED) is 0.312. The van der Waals surface area contributed by atoms with Crippen molar-refractivity contribution in [2.24, 2.45) is 5.92 Å². The van der Waals surface area contributed by atoms with Crippen molar-refractivity contribution in [3.8, 4) is 11.1 Å². The number of carboxylic acid groups (broad SMARTS) is 1. The Morgan fingerprint density at radius 2 is 1.66 bits per heavy atom. The highest BCUT2D eigenvalue weighted by molar-refractivity contribution is 5.97. The number of nitrogens with one attached hydrogen (secondary N) is 1. The van der Waals surface area contributed by atoms with E-state index in [0.29, 0.717) is 11.7 Å². The molecule has 5 heteroatoms. The smallest absolute Gasteiger partial charge is 0.337 e. The van der Waals surface area contributed by atoms with Gasteiger partial charge in [-0.25, -0.2) is 9.78 Å². The molecule has 1 aliphatic carbocycles. The van der Waals surface area contributed by atoms with Crippen molar-refractivity contribution in [1.29, 1.82) is 0 Å². The van der Waals surface area contributed by atoms with Crippen LogP contribution in [0.4, 0.5) is 5.82 Å². The van der Waals surface area contributed by atoms with Gasteiger partial charge in [-0.15, -0.1) is 0 Å². The van der Waals surface area contributed by atoms with Crippen LogP contribution in [-0.4, -0.2) is 22.0 Å². The molecule has 0 spiro atoms. The SMILES string of the molecule is O=C(O)c1ccc(NC(=O)C(CC2CCCC2)c2ccc(-c3cccc4ccccc34)cc2)nc1. The highest BCUT2D eigenvalue weighted by Crippen LogP contribution is 2.36. The Morgan fingerprint density at radius 3 is 2.37 bits per heavy atom. The maximum absolute atomic E-state index is 13.4. The summed E-state index contributed by atoms with van der Waals surface area (Å²) >= 11 is 0. The van der Waals surface area contributed by atoms with Crippen molar-refractivity contribution in [3.05, 3.63) is 96.2 Å². The third-order valence-corrected chi connectivity index (χ3v) is 7.04. The monoisotopic (exact) mass is 464 g/mol. The third kappa shape index (κ3) is 5.09. The molecule has 0 aliphatic heterocycles. The Morgan fingerprint density at radius 1 is 0.914 bits per heavy atom. The molecule has 1 unspecified atom stereocenters. The molecule has 1 saturated carbocycles. The van der Waals surface area contributed by atoms with Crippen LogP contribution in [0.1, 0.15) is 53.9 Å². The normalized spacial score (nSPS) is 14.6. The molecule has 0 bridgehead atoms. The van der Waals surface area contributed by atoms with Gasteiger partial charge in [-0.3, -0.25) is 4.79 Å². The van der Waals surface area contributed by atoms with Gasteiger partial charge in [0.1, 0.15) is 5.82 Å². The van der Waals surface area contributed by atoms with Crippen LogP contribution in [0.15, 0.2) is 85.1 Å². The molecule has 5 rings (SSSR count). The van der Waals surface area contributed by atoms with Gasteiger partial charge in [0, 0.05) is 6.20 Å². The molecule has 4 aromatic rings. The van der Waals surface area contributed by atoms with Gasteiger partial charge in [-0.1, -0.05) is 92.4 Å². The number of benzene rings is 3. The van der Waals surface area contributed by atoms with Crippen LogP contribution < -0.4 is 5.32 Å². The predicted octanol–water partition coefficient (Wildman–Crippen LogP) is 6.90. The van der Waals surface area contributed by atoms with Gasteiger partial charge in [0.25, 0.3) is 0 Å². The van der Waals surface area contributed by atoms with E-state index >= 15 is 0 Å². The predicted molar refractivity (Wildman–Crippen MR) is 139 cm³/mol. The van der Waals surface area contributed by atoms with Crippen molar-refractivity contribution in [1.82, 2.24) is 4.98 Å². The number of rotatable bonds is 7. The van der Waals surface area contributed by atoms with E-state index in [0.717, 1.165) is 30.4 Å². The summed E-state index contributed by atoms with van der Waals surface area (Å²) in [6.45, 7) is 0. The molecule has 176 valence electrons. The topological polar surface area (TPSA) is 79.3 Å². The molecule has 1 atom stereocenters. The Labute approximate surface area is 204 Å². The van der Waals surface area contributed by atoms with E-state index in [1.54, 1.807) is 0 Å². The number of nitrogens with zero attached hydrogens (tertiary/aromatic N) is 1. The Kier molecular flexibility index (Phi) is 6.57. The van der Waals surface area contributed by atoms with Crippen LogP contribution in [0.3, 0.4) is 0 Å². The average Bonchev–Trinajstić information content (AvgIpc) is 3.41. The average molecular weight is 465 g/mol. The van der Waals surface area contributed by atoms with Crippen LogP contribution in [0, 0.1) is 5.92 Å². The summed E-state index contributed by atoms with van der Waals surface area (Å²) in [7, 11) is 0. The second-order valence-electron chi connectivity index (χ2n) is 9.31. The van der Waals surface area contributed by atoms with Crippen molar-refractivity contribution in [3.63, 3.8) is 0 Å². The lowest BCUT2D eigenvalue weighted by molar-refractivity contribution is -0.118. The van der Waals surface area contributed by atoms with Gasteiger partial charge in [0.05, 0.1) is 11.5 Å². The van der Waals surface area contributed by atoms with Crippen molar-refractivity contribution in [2.75, 3.05) is 5.32 Å². The summed E-state index contributed by atoms with van der Waals surface area (Å²) in [6, 6.07) is 26.0. The van der Waals surface area contributed by atoms with Crippen LogP contribution >= 0.6 is 0 Å². The fourth-order valence-electron chi connectivity index (χ4n) is 5.15. The van der Waals surface area contributed by atoms with Crippen LogP contribution in [0.5, 0.6) is 0 Å². The zero-order valence-electron chi connectivity index (χ0n) is 19.5. The molecule has 1 aromatic heterocycles. The first-order valence-electron chi connectivity index (χ1n) is 12.2. The molecule has 1 heterocycles. The Bertz CT molecular complexity index is 1340. The standard InChI is InChI=1S/C30H28N2O3/c33-29(32-28-17-16-24(19-31-28)30(34)35)27(18-20-6-1-2-7-20)23-14-12-22(13-15-23)26-11-5-9-21-8-3-4-10-25(21)26/h3-5,8-17,19-20,27H,1-2,6-7,18H2,(H,34,35)(H,31,32,33). The molecule has 0 saturated heterocycles. The lowest BCUT2D eigenvalue weighted by atomic mass is 9.86. The molecule has 3 aromatic carbocycles. The fourth-order valence-corrected chi connectivity index (χ4v) is 5.15. The highest BCUT2D eigenvalue weighted by atomic mass is 16.4. The van der Waals surface area contributed by atoms with Gasteiger partial charge >= 0.3 is 5.97 Å². The summed E-state index contributed by atoms with van der Waals surface area (Å²) in [5, 5.41) is 14.4. The van der Waals surface area contributed by atoms with Gasteiger partial charge in [-0.05, 0) is 51.9 Å². The van der Waals surface area contributed by atoms with Crippen LogP contribution in [0.2, 0.25) is 0 Å². The zero-order chi connectivity index (χ0) is 24.2. The largest absolute Gasteiger partial charge is 0.478 e. The van der Waals surface area contributed by atoms with Crippen LogP contribution in [0.25, 0.3) is 21.9 Å². The number of hydrogen-bond acceptors (Lipinski definition) is 3. The van der Waals surface area contributed by atoms with E-state index in [4.69, 9.17) is 5.11 Å². The van der Waals surface area contributed by atoms with E-state index in [1.807, 2.05) is 6.07 Å². The van der Waals surface area contributed by atoms with E-state index in [2.05, 4.69) is 71.0 Å². The van der Waals surface area contributed by atoms with Gasteiger partial charge < -0.3 is 10.4 Å². The first-order chi connectivity index (χ1) is 17.1. The maximum atomic E-state index is 13.4. The van der Waals surface area contributed by atoms with Gasteiger partial charge in [0.15, 0.2) is 0 Å². The number of hydrogen-bond donors (Lipinski definition) is 2. The van der Waals surface area contributed by atoms with E-state index < -0.39 is 5.97 Å². The zero-order valence-corrected chi connectivity index (χ0v) is 19.5. The number of fused-ring (bicyclic) bond motifs is 1. The Hall–Kier alpha value is -3.99. The minimum atomic E-state index is -1.04. The second kappa shape index (κ2) is 10.1. The summed E-state index contributed by atoms with van der Waals surface area (Å²) in [5.41, 5.74) is 3.38. The highest BCUT2D eigenvalue weighted by Gasteiger charge is 2.27. The van der Waals surface area contributed by atoms with E-state index in [1.165, 1.54) is 47.5 Å². The number of aromatic carboxylic acids is 1. The van der Waals surface area contributed by atoms with Crippen molar-refractivity contribution >= 4 is 28.5 Å². The molecule has 1 aliphatic rings. The first-order valence-corrected chi connectivity index (χ1v) is 12.2.